The highest BCUT2D eigenvalue weighted by Crippen LogP contribution is 2.34. The number of carboxylic acid groups (broad SMARTS) is 1. The van der Waals surface area contributed by atoms with Crippen molar-refractivity contribution in [1.29, 1.82) is 0 Å². The van der Waals surface area contributed by atoms with Gasteiger partial charge in [-0.15, -0.1) is 0 Å². The third kappa shape index (κ3) is 3.04. The lowest BCUT2D eigenvalue weighted by molar-refractivity contribution is -0.144. The topological polar surface area (TPSA) is 59.0 Å². The lowest BCUT2D eigenvalue weighted by Gasteiger charge is -2.32. The molecule has 20 heavy (non-hydrogen) atoms. The van der Waals surface area contributed by atoms with Crippen LogP contribution in [0.3, 0.4) is 0 Å². The molecule has 1 aromatic rings. The molecule has 1 saturated heterocycles. The van der Waals surface area contributed by atoms with E-state index in [4.69, 9.17) is 9.47 Å². The second-order valence-corrected chi connectivity index (χ2v) is 4.95. The van der Waals surface area contributed by atoms with E-state index in [9.17, 15) is 9.90 Å². The number of aliphatic carboxylic acids is 1. The SMILES string of the molecule is COc1ccc(OC)c(C(C(=O)O)N2CCCCC2)c1. The quantitative estimate of drug-likeness (QED) is 0.896. The summed E-state index contributed by atoms with van der Waals surface area (Å²) >= 11 is 0. The van der Waals surface area contributed by atoms with E-state index in [0.717, 1.165) is 32.4 Å². The van der Waals surface area contributed by atoms with Crippen LogP contribution < -0.4 is 9.47 Å². The number of rotatable bonds is 5. The van der Waals surface area contributed by atoms with Gasteiger partial charge in [-0.3, -0.25) is 9.69 Å². The van der Waals surface area contributed by atoms with Crippen LogP contribution >= 0.6 is 0 Å². The van der Waals surface area contributed by atoms with Crippen molar-refractivity contribution < 1.29 is 19.4 Å². The predicted molar refractivity (Wildman–Crippen MR) is 75.3 cm³/mol. The molecule has 1 atom stereocenters. The van der Waals surface area contributed by atoms with E-state index in [-0.39, 0.29) is 0 Å². The fourth-order valence-electron chi connectivity index (χ4n) is 2.72. The first kappa shape index (κ1) is 14.7. The largest absolute Gasteiger partial charge is 0.497 e. The van der Waals surface area contributed by atoms with Crippen LogP contribution in [-0.2, 0) is 4.79 Å². The van der Waals surface area contributed by atoms with Crippen LogP contribution in [0.15, 0.2) is 18.2 Å². The molecule has 5 nitrogen and oxygen atoms in total. The molecule has 1 aliphatic rings. The van der Waals surface area contributed by atoms with E-state index in [2.05, 4.69) is 0 Å². The summed E-state index contributed by atoms with van der Waals surface area (Å²) in [7, 11) is 3.13. The molecule has 1 aromatic carbocycles. The summed E-state index contributed by atoms with van der Waals surface area (Å²) in [5, 5.41) is 9.62. The summed E-state index contributed by atoms with van der Waals surface area (Å²) in [6, 6.07) is 4.61. The Morgan fingerprint density at radius 2 is 1.90 bits per heavy atom. The first-order valence-corrected chi connectivity index (χ1v) is 6.86. The molecule has 0 radical (unpaired) electrons. The summed E-state index contributed by atoms with van der Waals surface area (Å²) in [6.07, 6.45) is 3.24. The van der Waals surface area contributed by atoms with Crippen molar-refractivity contribution in [2.75, 3.05) is 27.3 Å². The number of ether oxygens (including phenoxy) is 2. The number of methoxy groups -OCH3 is 2. The van der Waals surface area contributed by atoms with Crippen LogP contribution in [0, 0.1) is 0 Å². The van der Waals surface area contributed by atoms with Crippen molar-refractivity contribution in [3.05, 3.63) is 23.8 Å². The van der Waals surface area contributed by atoms with Crippen LogP contribution in [0.4, 0.5) is 0 Å². The molecule has 0 amide bonds. The monoisotopic (exact) mass is 279 g/mol. The van der Waals surface area contributed by atoms with Crippen molar-refractivity contribution in [2.45, 2.75) is 25.3 Å². The molecule has 5 heteroatoms. The van der Waals surface area contributed by atoms with E-state index in [0.29, 0.717) is 17.1 Å². The van der Waals surface area contributed by atoms with Crippen LogP contribution in [-0.4, -0.2) is 43.3 Å². The number of carbonyl (C=O) groups is 1. The zero-order valence-corrected chi connectivity index (χ0v) is 12.0. The Morgan fingerprint density at radius 1 is 1.20 bits per heavy atom. The highest BCUT2D eigenvalue weighted by atomic mass is 16.5. The fraction of sp³-hybridized carbons (Fsp3) is 0.533. The summed E-state index contributed by atoms with van der Waals surface area (Å²) in [5.41, 5.74) is 0.654. The Balaban J connectivity index is 2.39. The van der Waals surface area contributed by atoms with Gasteiger partial charge in [0.05, 0.1) is 14.2 Å². The van der Waals surface area contributed by atoms with Gasteiger partial charge in [0.1, 0.15) is 17.5 Å². The minimum Gasteiger partial charge on any atom is -0.497 e. The maximum absolute atomic E-state index is 11.7. The molecule has 0 bridgehead atoms. The van der Waals surface area contributed by atoms with E-state index in [1.807, 2.05) is 4.90 Å². The molecule has 1 aliphatic heterocycles. The van der Waals surface area contributed by atoms with Crippen LogP contribution in [0.5, 0.6) is 11.5 Å². The van der Waals surface area contributed by atoms with Gasteiger partial charge in [-0.05, 0) is 44.1 Å². The van der Waals surface area contributed by atoms with Crippen LogP contribution in [0.25, 0.3) is 0 Å². The van der Waals surface area contributed by atoms with Crippen molar-refractivity contribution in [2.24, 2.45) is 0 Å². The van der Waals surface area contributed by atoms with Gasteiger partial charge in [-0.2, -0.15) is 0 Å². The Morgan fingerprint density at radius 3 is 2.45 bits per heavy atom. The second-order valence-electron chi connectivity index (χ2n) is 4.95. The zero-order valence-electron chi connectivity index (χ0n) is 12.0. The van der Waals surface area contributed by atoms with Crippen molar-refractivity contribution in [3.8, 4) is 11.5 Å². The zero-order chi connectivity index (χ0) is 14.5. The predicted octanol–water partition coefficient (Wildman–Crippen LogP) is 2.32. The summed E-state index contributed by atoms with van der Waals surface area (Å²) < 4.78 is 10.5. The van der Waals surface area contributed by atoms with Gasteiger partial charge >= 0.3 is 5.97 Å². The van der Waals surface area contributed by atoms with E-state index in [1.54, 1.807) is 32.4 Å². The molecule has 0 spiro atoms. The molecule has 2 rings (SSSR count). The summed E-state index contributed by atoms with van der Waals surface area (Å²) in [5.74, 6) is 0.381. The van der Waals surface area contributed by atoms with Crippen molar-refractivity contribution >= 4 is 5.97 Å². The molecule has 0 aliphatic carbocycles. The molecule has 1 fully saturated rings. The maximum Gasteiger partial charge on any atom is 0.325 e. The third-order valence-corrected chi connectivity index (χ3v) is 3.72. The number of nitrogens with zero attached hydrogens (tertiary/aromatic N) is 1. The fourth-order valence-corrected chi connectivity index (χ4v) is 2.72. The van der Waals surface area contributed by atoms with Gasteiger partial charge in [-0.1, -0.05) is 6.42 Å². The average Bonchev–Trinajstić information content (AvgIpc) is 2.48. The highest BCUT2D eigenvalue weighted by molar-refractivity contribution is 5.77. The Bertz CT molecular complexity index is 469. The lowest BCUT2D eigenvalue weighted by Crippen LogP contribution is -2.38. The van der Waals surface area contributed by atoms with Crippen LogP contribution in [0.1, 0.15) is 30.9 Å². The van der Waals surface area contributed by atoms with Gasteiger partial charge in [0.15, 0.2) is 0 Å². The second kappa shape index (κ2) is 6.61. The van der Waals surface area contributed by atoms with Crippen LogP contribution in [0.2, 0.25) is 0 Å². The lowest BCUT2D eigenvalue weighted by atomic mass is 10.0. The highest BCUT2D eigenvalue weighted by Gasteiger charge is 2.31. The Labute approximate surface area is 119 Å². The smallest absolute Gasteiger partial charge is 0.325 e. The number of hydrogen-bond donors (Lipinski definition) is 1. The average molecular weight is 279 g/mol. The van der Waals surface area contributed by atoms with E-state index in [1.165, 1.54) is 0 Å². The molecule has 110 valence electrons. The third-order valence-electron chi connectivity index (χ3n) is 3.72. The molecule has 1 heterocycles. The molecular weight excluding hydrogens is 258 g/mol. The molecule has 1 N–H and O–H groups in total. The minimum atomic E-state index is -0.849. The Hall–Kier alpha value is -1.75. The van der Waals surface area contributed by atoms with E-state index >= 15 is 0 Å². The van der Waals surface area contributed by atoms with Crippen molar-refractivity contribution in [1.82, 2.24) is 4.90 Å². The standard InChI is InChI=1S/C15H21NO4/c1-19-11-6-7-13(20-2)12(10-11)14(15(17)18)16-8-4-3-5-9-16/h6-7,10,14H,3-5,8-9H2,1-2H3,(H,17,18). The minimum absolute atomic E-state index is 0.587. The molecular formula is C15H21NO4. The first-order valence-electron chi connectivity index (χ1n) is 6.86. The molecule has 0 saturated carbocycles. The molecule has 0 aromatic heterocycles. The normalized spacial score (nSPS) is 17.5. The number of benzene rings is 1. The summed E-state index contributed by atoms with van der Waals surface area (Å²) in [4.78, 5) is 13.7. The van der Waals surface area contributed by atoms with Gasteiger partial charge in [0.2, 0.25) is 0 Å². The molecule has 1 unspecified atom stereocenters. The maximum atomic E-state index is 11.7. The van der Waals surface area contributed by atoms with Gasteiger partial charge < -0.3 is 14.6 Å². The number of piperidine rings is 1. The Kier molecular flexibility index (Phi) is 4.84. The van der Waals surface area contributed by atoms with E-state index < -0.39 is 12.0 Å². The number of carboxylic acids is 1. The summed E-state index contributed by atoms with van der Waals surface area (Å²) in [6.45, 7) is 1.61. The van der Waals surface area contributed by atoms with Gasteiger partial charge in [0, 0.05) is 5.56 Å². The van der Waals surface area contributed by atoms with Crippen molar-refractivity contribution in [3.63, 3.8) is 0 Å². The number of likely N-dealkylation sites (tertiary alicyclic amines) is 1. The van der Waals surface area contributed by atoms with Gasteiger partial charge in [-0.25, -0.2) is 0 Å². The number of hydrogen-bond acceptors (Lipinski definition) is 4. The van der Waals surface area contributed by atoms with Gasteiger partial charge in [0.25, 0.3) is 0 Å². The first-order chi connectivity index (χ1) is 9.67.